The first kappa shape index (κ1) is 16.7. The van der Waals surface area contributed by atoms with Gasteiger partial charge in [-0.25, -0.2) is 0 Å². The lowest BCUT2D eigenvalue weighted by Crippen LogP contribution is -2.27. The average molecular weight is 355 g/mol. The topological polar surface area (TPSA) is 23.6 Å². The predicted octanol–water partition coefficient (Wildman–Crippen LogP) is 4.35. The monoisotopic (exact) mass is 354 g/mol. The Morgan fingerprint density at radius 2 is 1.96 bits per heavy atom. The molecule has 0 atom stereocenters. The second-order valence-electron chi connectivity index (χ2n) is 5.40. The average Bonchev–Trinajstić information content (AvgIpc) is 2.87. The highest BCUT2D eigenvalue weighted by molar-refractivity contribution is 8.26. The number of amides is 1. The van der Waals surface area contributed by atoms with Crippen molar-refractivity contribution >= 4 is 45.5 Å². The molecule has 24 heavy (non-hydrogen) atoms. The molecule has 0 aliphatic carbocycles. The Morgan fingerprint density at radius 3 is 2.71 bits per heavy atom. The maximum absolute atomic E-state index is 12.1. The first-order valence-corrected chi connectivity index (χ1v) is 8.97. The normalized spacial score (nSPS) is 20.8. The van der Waals surface area contributed by atoms with E-state index in [9.17, 15) is 4.79 Å². The van der Waals surface area contributed by atoms with Crippen LogP contribution in [0.3, 0.4) is 0 Å². The Labute approximate surface area is 152 Å². The van der Waals surface area contributed by atoms with Gasteiger partial charge in [0.25, 0.3) is 5.91 Å². The van der Waals surface area contributed by atoms with Crippen molar-refractivity contribution in [2.75, 3.05) is 18.5 Å². The van der Waals surface area contributed by atoms with E-state index in [4.69, 9.17) is 12.2 Å². The summed E-state index contributed by atoms with van der Waals surface area (Å²) in [6.45, 7) is 2.54. The van der Waals surface area contributed by atoms with Gasteiger partial charge in [0.15, 0.2) is 0 Å². The third kappa shape index (κ3) is 3.23. The lowest BCUT2D eigenvalue weighted by Gasteiger charge is -2.23. The van der Waals surface area contributed by atoms with Gasteiger partial charge in [-0.1, -0.05) is 60.4 Å². The number of carbonyl (C=O) groups excluding carboxylic acids is 1. The fraction of sp³-hybridized carbons (Fsp3) is 0.158. The maximum Gasteiger partial charge on any atom is 0.266 e. The van der Waals surface area contributed by atoms with Crippen molar-refractivity contribution < 1.29 is 4.79 Å². The fourth-order valence-corrected chi connectivity index (χ4v) is 3.96. The molecular weight excluding hydrogens is 336 g/mol. The first-order valence-electron chi connectivity index (χ1n) is 7.74. The van der Waals surface area contributed by atoms with Gasteiger partial charge in [0.2, 0.25) is 0 Å². The van der Waals surface area contributed by atoms with E-state index >= 15 is 0 Å². The molecule has 5 heteroatoms. The van der Waals surface area contributed by atoms with Crippen LogP contribution in [0.4, 0.5) is 5.69 Å². The van der Waals surface area contributed by atoms with Gasteiger partial charge in [-0.2, -0.15) is 0 Å². The number of carbonyl (C=O) groups is 1. The number of thioether (sulfide) groups is 1. The molecule has 0 bridgehead atoms. The molecule has 0 spiro atoms. The Hall–Kier alpha value is -2.11. The van der Waals surface area contributed by atoms with Crippen LogP contribution in [0, 0.1) is 0 Å². The molecule has 1 fully saturated rings. The highest BCUT2D eigenvalue weighted by Gasteiger charge is 2.29. The third-order valence-corrected chi connectivity index (χ3v) is 5.29. The minimum absolute atomic E-state index is 0.00524. The van der Waals surface area contributed by atoms with Crippen molar-refractivity contribution in [3.05, 3.63) is 71.3 Å². The van der Waals surface area contributed by atoms with Crippen LogP contribution in [0.2, 0.25) is 0 Å². The summed E-state index contributed by atoms with van der Waals surface area (Å²) in [5.41, 5.74) is 3.53. The summed E-state index contributed by atoms with van der Waals surface area (Å²) in [4.78, 5) is 16.5. The standard InChI is InChI=1S/C19H18N2OS2/c1-3-21-18(22)17(24-19(21)23)11-7-4-8-14-12-13-20(2)16-10-6-5-9-15(14)16/h4-13H,3H2,1-2H3. The molecule has 0 unspecified atom stereocenters. The zero-order valence-corrected chi connectivity index (χ0v) is 15.2. The second-order valence-corrected chi connectivity index (χ2v) is 7.07. The molecule has 0 radical (unpaired) electrons. The number of likely N-dealkylation sites (N-methyl/N-ethyl adjacent to an activating group) is 1. The van der Waals surface area contributed by atoms with Crippen molar-refractivity contribution in [3.8, 4) is 0 Å². The number of nitrogens with zero attached hydrogens (tertiary/aromatic N) is 2. The van der Waals surface area contributed by atoms with E-state index in [1.807, 2.05) is 50.5 Å². The maximum atomic E-state index is 12.1. The quantitative estimate of drug-likeness (QED) is 0.595. The van der Waals surface area contributed by atoms with Crippen molar-refractivity contribution in [3.63, 3.8) is 0 Å². The number of hydrogen-bond donors (Lipinski definition) is 0. The third-order valence-electron chi connectivity index (χ3n) is 3.90. The number of anilines is 1. The molecule has 2 heterocycles. The molecule has 3 rings (SSSR count). The Morgan fingerprint density at radius 1 is 1.21 bits per heavy atom. The van der Waals surface area contributed by atoms with Gasteiger partial charge in [0.05, 0.1) is 4.91 Å². The highest BCUT2D eigenvalue weighted by atomic mass is 32.2. The lowest BCUT2D eigenvalue weighted by atomic mass is 10.00. The first-order chi connectivity index (χ1) is 11.6. The van der Waals surface area contributed by atoms with Crippen LogP contribution >= 0.6 is 24.0 Å². The largest absolute Gasteiger partial charge is 0.351 e. The molecule has 0 aromatic heterocycles. The zero-order valence-electron chi connectivity index (χ0n) is 13.6. The van der Waals surface area contributed by atoms with Gasteiger partial charge in [0.1, 0.15) is 4.32 Å². The summed E-state index contributed by atoms with van der Waals surface area (Å²) in [6.07, 6.45) is 11.9. The van der Waals surface area contributed by atoms with Crippen LogP contribution in [0.5, 0.6) is 0 Å². The fourth-order valence-electron chi connectivity index (χ4n) is 2.62. The number of allylic oxidation sites excluding steroid dienone is 6. The second kappa shape index (κ2) is 7.20. The molecule has 1 aromatic rings. The Balaban J connectivity index is 1.78. The van der Waals surface area contributed by atoms with Gasteiger partial charge in [-0.05, 0) is 30.7 Å². The van der Waals surface area contributed by atoms with Crippen LogP contribution in [-0.2, 0) is 4.79 Å². The van der Waals surface area contributed by atoms with E-state index in [1.54, 1.807) is 4.90 Å². The van der Waals surface area contributed by atoms with Crippen LogP contribution in [-0.4, -0.2) is 28.7 Å². The molecule has 1 saturated heterocycles. The van der Waals surface area contributed by atoms with Gasteiger partial charge in [-0.3, -0.25) is 9.69 Å². The lowest BCUT2D eigenvalue weighted by molar-refractivity contribution is -0.122. The van der Waals surface area contributed by atoms with Crippen molar-refractivity contribution in [1.82, 2.24) is 4.90 Å². The van der Waals surface area contributed by atoms with Gasteiger partial charge in [0, 0.05) is 31.0 Å². The number of benzene rings is 1. The molecule has 0 saturated carbocycles. The summed E-state index contributed by atoms with van der Waals surface area (Å²) in [5.74, 6) is -0.00524. The van der Waals surface area contributed by atoms with Crippen LogP contribution in [0.25, 0.3) is 5.57 Å². The molecule has 2 aliphatic rings. The van der Waals surface area contributed by atoms with Crippen molar-refractivity contribution in [1.29, 1.82) is 0 Å². The van der Waals surface area contributed by atoms with Gasteiger partial charge >= 0.3 is 0 Å². The Bertz CT molecular complexity index is 805. The molecule has 1 aromatic carbocycles. The van der Waals surface area contributed by atoms with E-state index in [2.05, 4.69) is 29.2 Å². The smallest absolute Gasteiger partial charge is 0.266 e. The van der Waals surface area contributed by atoms with Gasteiger partial charge < -0.3 is 4.90 Å². The number of hydrogen-bond acceptors (Lipinski definition) is 4. The Kier molecular flexibility index (Phi) is 5.02. The van der Waals surface area contributed by atoms with Crippen molar-refractivity contribution in [2.24, 2.45) is 0 Å². The van der Waals surface area contributed by atoms with Crippen LogP contribution in [0.1, 0.15) is 12.5 Å². The molecule has 2 aliphatic heterocycles. The minimum atomic E-state index is -0.00524. The summed E-state index contributed by atoms with van der Waals surface area (Å²) in [6, 6.07) is 8.30. The molecule has 1 amide bonds. The van der Waals surface area contributed by atoms with E-state index in [0.29, 0.717) is 15.8 Å². The zero-order chi connectivity index (χ0) is 17.1. The van der Waals surface area contributed by atoms with Gasteiger partial charge in [-0.15, -0.1) is 0 Å². The number of rotatable bonds is 3. The number of thiocarbonyl (C=S) groups is 1. The summed E-state index contributed by atoms with van der Waals surface area (Å²) in [7, 11) is 2.04. The number of para-hydroxylation sites is 1. The molecule has 3 nitrogen and oxygen atoms in total. The predicted molar refractivity (Wildman–Crippen MR) is 107 cm³/mol. The van der Waals surface area contributed by atoms with Crippen LogP contribution < -0.4 is 4.90 Å². The minimum Gasteiger partial charge on any atom is -0.351 e. The van der Waals surface area contributed by atoms with Crippen molar-refractivity contribution in [2.45, 2.75) is 6.92 Å². The summed E-state index contributed by atoms with van der Waals surface area (Å²) in [5, 5.41) is 0. The number of fused-ring (bicyclic) bond motifs is 1. The summed E-state index contributed by atoms with van der Waals surface area (Å²) < 4.78 is 0.632. The SMILES string of the molecule is CCN1C(=O)C(=CC=CC=C2C=CN(C)c3ccccc32)SC1=S. The summed E-state index contributed by atoms with van der Waals surface area (Å²) >= 11 is 6.56. The van der Waals surface area contributed by atoms with E-state index in [0.717, 1.165) is 5.57 Å². The van der Waals surface area contributed by atoms with E-state index < -0.39 is 0 Å². The highest BCUT2D eigenvalue weighted by Crippen LogP contribution is 2.32. The molecular formula is C19H18N2OS2. The molecule has 122 valence electrons. The van der Waals surface area contributed by atoms with Crippen LogP contribution in [0.15, 0.2) is 65.8 Å². The molecule has 0 N–H and O–H groups in total. The van der Waals surface area contributed by atoms with E-state index in [-0.39, 0.29) is 5.91 Å². The van der Waals surface area contributed by atoms with E-state index in [1.165, 1.54) is 23.0 Å².